The minimum atomic E-state index is -4.28. The number of hydrogen-bond donors (Lipinski definition) is 1. The van der Waals surface area contributed by atoms with Gasteiger partial charge in [-0.1, -0.05) is 12.2 Å². The largest absolute Gasteiger partial charge is 0.397 e. The molecule has 0 aromatic heterocycles. The highest BCUT2D eigenvalue weighted by atomic mass is 32.3. The lowest BCUT2D eigenvalue weighted by Gasteiger charge is -2.14. The Bertz CT molecular complexity index is 319. The molecule has 1 fully saturated rings. The van der Waals surface area contributed by atoms with E-state index in [2.05, 4.69) is 10.3 Å². The lowest BCUT2D eigenvalue weighted by atomic mass is 9.96. The van der Waals surface area contributed by atoms with E-state index in [-0.39, 0.29) is 12.0 Å². The van der Waals surface area contributed by atoms with Crippen LogP contribution in [0.5, 0.6) is 0 Å². The molecule has 2 rings (SSSR count). The van der Waals surface area contributed by atoms with Crippen molar-refractivity contribution < 1.29 is 17.2 Å². The summed E-state index contributed by atoms with van der Waals surface area (Å²) in [6, 6.07) is 0. The Balaban J connectivity index is 2.07. The van der Waals surface area contributed by atoms with Gasteiger partial charge in [-0.3, -0.25) is 4.55 Å². The van der Waals surface area contributed by atoms with Crippen molar-refractivity contribution in [1.82, 2.24) is 0 Å². The smallest absolute Gasteiger partial charge is 0.264 e. The molecule has 0 saturated heterocycles. The molecule has 0 heterocycles. The lowest BCUT2D eigenvalue weighted by molar-refractivity contribution is 0.162. The third kappa shape index (κ3) is 2.10. The normalized spacial score (nSPS) is 38.1. The molecule has 13 heavy (non-hydrogen) atoms. The highest BCUT2D eigenvalue weighted by molar-refractivity contribution is 7.80. The zero-order chi connectivity index (χ0) is 9.47. The maximum atomic E-state index is 10.5. The molecular formula is C8H12O4S. The van der Waals surface area contributed by atoms with Crippen LogP contribution in [-0.4, -0.2) is 19.1 Å². The van der Waals surface area contributed by atoms with E-state index in [0.717, 1.165) is 19.3 Å². The third-order valence-corrected chi connectivity index (χ3v) is 3.24. The molecular weight excluding hydrogens is 192 g/mol. The second kappa shape index (κ2) is 3.08. The molecule has 74 valence electrons. The molecule has 0 aliphatic heterocycles. The molecule has 2 aliphatic carbocycles. The van der Waals surface area contributed by atoms with Gasteiger partial charge in [-0.2, -0.15) is 8.42 Å². The van der Waals surface area contributed by atoms with Crippen molar-refractivity contribution in [2.24, 2.45) is 11.8 Å². The van der Waals surface area contributed by atoms with Crippen LogP contribution in [0.1, 0.15) is 19.3 Å². The Labute approximate surface area is 77.5 Å². The van der Waals surface area contributed by atoms with Gasteiger partial charge in [0.15, 0.2) is 0 Å². The summed E-state index contributed by atoms with van der Waals surface area (Å²) in [7, 11) is -4.28. The molecule has 1 N–H and O–H groups in total. The van der Waals surface area contributed by atoms with Crippen LogP contribution in [0.3, 0.4) is 0 Å². The average molecular weight is 204 g/mol. The van der Waals surface area contributed by atoms with Crippen LogP contribution in [0.15, 0.2) is 12.2 Å². The number of allylic oxidation sites excluding steroid dienone is 1. The molecule has 0 aromatic rings. The maximum Gasteiger partial charge on any atom is 0.397 e. The number of hydrogen-bond acceptors (Lipinski definition) is 3. The van der Waals surface area contributed by atoms with Gasteiger partial charge in [-0.25, -0.2) is 4.18 Å². The predicted molar refractivity (Wildman–Crippen MR) is 46.4 cm³/mol. The Morgan fingerprint density at radius 1 is 1.38 bits per heavy atom. The predicted octanol–water partition coefficient (Wildman–Crippen LogP) is 1.16. The second-order valence-corrected chi connectivity index (χ2v) is 4.78. The van der Waals surface area contributed by atoms with Gasteiger partial charge < -0.3 is 0 Å². The first-order valence-corrected chi connectivity index (χ1v) is 5.73. The van der Waals surface area contributed by atoms with Crippen LogP contribution < -0.4 is 0 Å². The standard InChI is InChI=1S/C8H12O4S/c9-13(10,11)12-8-5-6-2-1-3-7(8)4-6/h1,3,6-8H,2,4-5H2,(H,9,10,11). The molecule has 2 aliphatic rings. The number of fused-ring (bicyclic) bond motifs is 2. The summed E-state index contributed by atoms with van der Waals surface area (Å²) in [6.45, 7) is 0. The Hall–Kier alpha value is -0.390. The van der Waals surface area contributed by atoms with Crippen molar-refractivity contribution in [3.8, 4) is 0 Å². The van der Waals surface area contributed by atoms with Gasteiger partial charge in [-0.15, -0.1) is 0 Å². The van der Waals surface area contributed by atoms with Crippen molar-refractivity contribution in [3.63, 3.8) is 0 Å². The molecule has 0 radical (unpaired) electrons. The molecule has 4 nitrogen and oxygen atoms in total. The average Bonchev–Trinajstić information content (AvgIpc) is 2.24. The Morgan fingerprint density at radius 2 is 2.15 bits per heavy atom. The summed E-state index contributed by atoms with van der Waals surface area (Å²) >= 11 is 0. The summed E-state index contributed by atoms with van der Waals surface area (Å²) < 4.78 is 34.1. The molecule has 0 amide bonds. The minimum absolute atomic E-state index is 0.167. The molecule has 2 bridgehead atoms. The second-order valence-electron chi connectivity index (χ2n) is 3.73. The fourth-order valence-electron chi connectivity index (χ4n) is 2.24. The summed E-state index contributed by atoms with van der Waals surface area (Å²) in [5, 5.41) is 0. The molecule has 3 unspecified atom stereocenters. The van der Waals surface area contributed by atoms with E-state index in [0.29, 0.717) is 5.92 Å². The van der Waals surface area contributed by atoms with Gasteiger partial charge in [0, 0.05) is 5.92 Å². The van der Waals surface area contributed by atoms with Gasteiger partial charge in [0.2, 0.25) is 0 Å². The summed E-state index contributed by atoms with van der Waals surface area (Å²) in [6.07, 6.45) is 6.42. The summed E-state index contributed by atoms with van der Waals surface area (Å²) in [5.74, 6) is 0.697. The van der Waals surface area contributed by atoms with Crippen molar-refractivity contribution in [2.75, 3.05) is 0 Å². The van der Waals surface area contributed by atoms with E-state index in [1.165, 1.54) is 0 Å². The van der Waals surface area contributed by atoms with Crippen LogP contribution >= 0.6 is 0 Å². The first kappa shape index (κ1) is 9.18. The van der Waals surface area contributed by atoms with Crippen molar-refractivity contribution in [3.05, 3.63) is 12.2 Å². The topological polar surface area (TPSA) is 63.6 Å². The maximum absolute atomic E-state index is 10.5. The van der Waals surface area contributed by atoms with Crippen LogP contribution in [0, 0.1) is 11.8 Å². The lowest BCUT2D eigenvalue weighted by Crippen LogP contribution is -2.20. The highest BCUT2D eigenvalue weighted by Gasteiger charge is 2.37. The summed E-state index contributed by atoms with van der Waals surface area (Å²) in [4.78, 5) is 0. The molecule has 1 saturated carbocycles. The Morgan fingerprint density at radius 3 is 2.77 bits per heavy atom. The van der Waals surface area contributed by atoms with Gasteiger partial charge in [0.25, 0.3) is 0 Å². The minimum Gasteiger partial charge on any atom is -0.264 e. The third-order valence-electron chi connectivity index (χ3n) is 2.75. The van der Waals surface area contributed by atoms with Crippen molar-refractivity contribution in [2.45, 2.75) is 25.4 Å². The Kier molecular flexibility index (Phi) is 2.17. The van der Waals surface area contributed by atoms with Gasteiger partial charge in [0.05, 0.1) is 6.10 Å². The molecule has 5 heteroatoms. The molecule has 3 atom stereocenters. The highest BCUT2D eigenvalue weighted by Crippen LogP contribution is 2.40. The fraction of sp³-hybridized carbons (Fsp3) is 0.750. The van der Waals surface area contributed by atoms with Gasteiger partial charge in [0.1, 0.15) is 0 Å². The zero-order valence-electron chi connectivity index (χ0n) is 7.09. The number of rotatable bonds is 2. The van der Waals surface area contributed by atoms with E-state index in [4.69, 9.17) is 4.55 Å². The zero-order valence-corrected chi connectivity index (χ0v) is 7.90. The van der Waals surface area contributed by atoms with Crippen LogP contribution in [0.2, 0.25) is 0 Å². The van der Waals surface area contributed by atoms with Crippen molar-refractivity contribution >= 4 is 10.4 Å². The van der Waals surface area contributed by atoms with Crippen LogP contribution in [0.4, 0.5) is 0 Å². The summed E-state index contributed by atoms with van der Waals surface area (Å²) in [5.41, 5.74) is 0. The van der Waals surface area contributed by atoms with Gasteiger partial charge in [-0.05, 0) is 25.2 Å². The van der Waals surface area contributed by atoms with E-state index in [9.17, 15) is 8.42 Å². The van der Waals surface area contributed by atoms with Crippen molar-refractivity contribution in [1.29, 1.82) is 0 Å². The first-order valence-electron chi connectivity index (χ1n) is 4.37. The monoisotopic (exact) mass is 204 g/mol. The van der Waals surface area contributed by atoms with E-state index >= 15 is 0 Å². The van der Waals surface area contributed by atoms with E-state index in [1.54, 1.807) is 0 Å². The SMILES string of the molecule is O=S(=O)(O)OC1CC2CC=CC1C2. The van der Waals surface area contributed by atoms with Crippen LogP contribution in [0.25, 0.3) is 0 Å². The first-order chi connectivity index (χ1) is 6.04. The van der Waals surface area contributed by atoms with E-state index in [1.807, 2.05) is 6.08 Å². The molecule has 0 aromatic carbocycles. The fourth-order valence-corrected chi connectivity index (χ4v) is 2.78. The molecule has 0 spiro atoms. The van der Waals surface area contributed by atoms with Gasteiger partial charge >= 0.3 is 10.4 Å². The quantitative estimate of drug-likeness (QED) is 0.541. The van der Waals surface area contributed by atoms with E-state index < -0.39 is 10.4 Å². The van der Waals surface area contributed by atoms with Crippen LogP contribution in [-0.2, 0) is 14.6 Å².